The number of halogens is 1. The van der Waals surface area contributed by atoms with Crippen LogP contribution >= 0.6 is 35.7 Å². The molecule has 2 N–H and O–H groups in total. The predicted octanol–water partition coefficient (Wildman–Crippen LogP) is 4.30. The van der Waals surface area contributed by atoms with Crippen molar-refractivity contribution in [1.82, 2.24) is 10.6 Å². The molecule has 0 bridgehead atoms. The van der Waals surface area contributed by atoms with Crippen molar-refractivity contribution in [2.24, 2.45) is 4.99 Å². The number of benzene rings is 2. The Hall–Kier alpha value is -1.25. The minimum absolute atomic E-state index is 0. The van der Waals surface area contributed by atoms with Crippen LogP contribution in [0.15, 0.2) is 64.5 Å². The lowest BCUT2D eigenvalue weighted by Crippen LogP contribution is -2.39. The molecule has 0 radical (unpaired) electrons. The van der Waals surface area contributed by atoms with Crippen LogP contribution in [0.1, 0.15) is 18.1 Å². The van der Waals surface area contributed by atoms with Gasteiger partial charge < -0.3 is 15.4 Å². The molecule has 2 rings (SSSR count). The van der Waals surface area contributed by atoms with Crippen molar-refractivity contribution >= 4 is 41.7 Å². The van der Waals surface area contributed by atoms with Crippen LogP contribution in [0.2, 0.25) is 0 Å². The summed E-state index contributed by atoms with van der Waals surface area (Å²) in [7, 11) is 3.52. The molecule has 0 fully saturated rings. The first kappa shape index (κ1) is 22.8. The van der Waals surface area contributed by atoms with Gasteiger partial charge in [-0.1, -0.05) is 49.4 Å². The van der Waals surface area contributed by atoms with Gasteiger partial charge in [0.15, 0.2) is 5.96 Å². The second kappa shape index (κ2) is 13.0. The second-order valence-electron chi connectivity index (χ2n) is 5.75. The van der Waals surface area contributed by atoms with Gasteiger partial charge in [0.2, 0.25) is 0 Å². The number of rotatable bonds is 8. The quantitative estimate of drug-likeness (QED) is 0.254. The standard InChI is InChI=1S/C20H27N3OS.HI/c1-16(25-19-11-5-4-6-12-19)13-22-20(21-2)23-14-17-9-7-8-10-18(17)15-24-3;/h4-12,16H,13-15H2,1-3H3,(H2,21,22,23);1H. The molecule has 0 saturated heterocycles. The Kier molecular flexibility index (Phi) is 11.4. The lowest BCUT2D eigenvalue weighted by Gasteiger charge is -2.17. The number of ether oxygens (including phenoxy) is 1. The van der Waals surface area contributed by atoms with Gasteiger partial charge in [0.05, 0.1) is 6.61 Å². The summed E-state index contributed by atoms with van der Waals surface area (Å²) in [5.41, 5.74) is 2.42. The van der Waals surface area contributed by atoms with E-state index >= 15 is 0 Å². The van der Waals surface area contributed by atoms with E-state index in [4.69, 9.17) is 4.74 Å². The Morgan fingerprint density at radius 3 is 2.35 bits per heavy atom. The van der Waals surface area contributed by atoms with Gasteiger partial charge in [-0.25, -0.2) is 0 Å². The first-order chi connectivity index (χ1) is 12.2. The number of methoxy groups -OCH3 is 1. The summed E-state index contributed by atoms with van der Waals surface area (Å²) in [6.45, 7) is 4.40. The fourth-order valence-electron chi connectivity index (χ4n) is 2.44. The summed E-state index contributed by atoms with van der Waals surface area (Å²) < 4.78 is 5.26. The molecule has 0 spiro atoms. The van der Waals surface area contributed by atoms with E-state index in [-0.39, 0.29) is 24.0 Å². The number of guanidine groups is 1. The van der Waals surface area contributed by atoms with Crippen molar-refractivity contribution in [3.8, 4) is 0 Å². The smallest absolute Gasteiger partial charge is 0.191 e. The van der Waals surface area contributed by atoms with Crippen molar-refractivity contribution in [1.29, 1.82) is 0 Å². The number of thioether (sulfide) groups is 1. The molecule has 1 unspecified atom stereocenters. The van der Waals surface area contributed by atoms with E-state index < -0.39 is 0 Å². The number of hydrogen-bond acceptors (Lipinski definition) is 3. The van der Waals surface area contributed by atoms with E-state index in [1.54, 1.807) is 14.2 Å². The predicted molar refractivity (Wildman–Crippen MR) is 123 cm³/mol. The highest BCUT2D eigenvalue weighted by Gasteiger charge is 2.07. The maximum Gasteiger partial charge on any atom is 0.191 e. The Labute approximate surface area is 178 Å². The minimum atomic E-state index is 0. The van der Waals surface area contributed by atoms with Crippen LogP contribution in [0, 0.1) is 0 Å². The van der Waals surface area contributed by atoms with Crippen molar-refractivity contribution in [3.05, 3.63) is 65.7 Å². The number of nitrogens with one attached hydrogen (secondary N) is 2. The summed E-state index contributed by atoms with van der Waals surface area (Å²) >= 11 is 1.86. The van der Waals surface area contributed by atoms with Crippen LogP contribution in [0.4, 0.5) is 0 Å². The summed E-state index contributed by atoms with van der Waals surface area (Å²) in [6.07, 6.45) is 0. The zero-order valence-corrected chi connectivity index (χ0v) is 18.7. The third-order valence-electron chi connectivity index (χ3n) is 3.73. The SMILES string of the molecule is CN=C(NCc1ccccc1COC)NCC(C)Sc1ccccc1.I. The average Bonchev–Trinajstić information content (AvgIpc) is 2.64. The molecule has 0 aliphatic rings. The minimum Gasteiger partial charge on any atom is -0.380 e. The Morgan fingerprint density at radius 1 is 1.04 bits per heavy atom. The summed E-state index contributed by atoms with van der Waals surface area (Å²) in [5.74, 6) is 0.813. The molecule has 0 heterocycles. The molecule has 0 aromatic heterocycles. The Balaban J connectivity index is 0.00000338. The highest BCUT2D eigenvalue weighted by atomic mass is 127. The van der Waals surface area contributed by atoms with E-state index in [9.17, 15) is 0 Å². The molecule has 26 heavy (non-hydrogen) atoms. The Bertz CT molecular complexity index is 667. The molecule has 2 aromatic carbocycles. The average molecular weight is 485 g/mol. The van der Waals surface area contributed by atoms with Gasteiger partial charge in [-0.15, -0.1) is 35.7 Å². The third-order valence-corrected chi connectivity index (χ3v) is 4.84. The van der Waals surface area contributed by atoms with Gasteiger partial charge in [0.1, 0.15) is 0 Å². The molecule has 0 amide bonds. The van der Waals surface area contributed by atoms with E-state index in [1.165, 1.54) is 16.0 Å². The first-order valence-electron chi connectivity index (χ1n) is 8.45. The van der Waals surface area contributed by atoms with Gasteiger partial charge in [-0.3, -0.25) is 4.99 Å². The first-order valence-corrected chi connectivity index (χ1v) is 9.33. The number of nitrogens with zero attached hydrogens (tertiary/aromatic N) is 1. The van der Waals surface area contributed by atoms with E-state index in [0.717, 1.165) is 19.0 Å². The van der Waals surface area contributed by atoms with E-state index in [2.05, 4.69) is 58.9 Å². The molecule has 0 saturated carbocycles. The molecular formula is C20H28IN3OS. The number of hydrogen-bond donors (Lipinski definition) is 2. The van der Waals surface area contributed by atoms with Crippen LogP contribution in [0.3, 0.4) is 0 Å². The molecular weight excluding hydrogens is 457 g/mol. The molecule has 142 valence electrons. The molecule has 6 heteroatoms. The maximum absolute atomic E-state index is 5.26. The van der Waals surface area contributed by atoms with Crippen molar-refractivity contribution in [2.75, 3.05) is 20.7 Å². The van der Waals surface area contributed by atoms with Gasteiger partial charge in [-0.05, 0) is 23.3 Å². The monoisotopic (exact) mass is 485 g/mol. The third kappa shape index (κ3) is 7.97. The van der Waals surface area contributed by atoms with Gasteiger partial charge in [0, 0.05) is 37.4 Å². The van der Waals surface area contributed by atoms with Crippen LogP contribution in [0.25, 0.3) is 0 Å². The molecule has 1 atom stereocenters. The van der Waals surface area contributed by atoms with Crippen LogP contribution < -0.4 is 10.6 Å². The summed E-state index contributed by atoms with van der Waals surface area (Å²) in [6, 6.07) is 18.7. The fourth-order valence-corrected chi connectivity index (χ4v) is 3.38. The maximum atomic E-state index is 5.26. The van der Waals surface area contributed by atoms with Crippen molar-refractivity contribution < 1.29 is 4.74 Å². The normalized spacial score (nSPS) is 12.2. The van der Waals surface area contributed by atoms with Crippen molar-refractivity contribution in [2.45, 2.75) is 30.2 Å². The van der Waals surface area contributed by atoms with Crippen LogP contribution in [-0.2, 0) is 17.9 Å². The summed E-state index contributed by atoms with van der Waals surface area (Å²) in [5, 5.41) is 7.22. The zero-order chi connectivity index (χ0) is 17.9. The van der Waals surface area contributed by atoms with E-state index in [1.807, 2.05) is 30.0 Å². The number of aliphatic imine (C=N–C) groups is 1. The topological polar surface area (TPSA) is 45.7 Å². The molecule has 4 nitrogen and oxygen atoms in total. The van der Waals surface area contributed by atoms with Gasteiger partial charge >= 0.3 is 0 Å². The van der Waals surface area contributed by atoms with Crippen LogP contribution in [-0.4, -0.2) is 31.9 Å². The zero-order valence-electron chi connectivity index (χ0n) is 15.6. The van der Waals surface area contributed by atoms with Crippen molar-refractivity contribution in [3.63, 3.8) is 0 Å². The van der Waals surface area contributed by atoms with Crippen LogP contribution in [0.5, 0.6) is 0 Å². The summed E-state index contributed by atoms with van der Waals surface area (Å²) in [4.78, 5) is 5.60. The lowest BCUT2D eigenvalue weighted by atomic mass is 10.1. The lowest BCUT2D eigenvalue weighted by molar-refractivity contribution is 0.184. The highest BCUT2D eigenvalue weighted by Crippen LogP contribution is 2.21. The van der Waals surface area contributed by atoms with E-state index in [0.29, 0.717) is 11.9 Å². The fraction of sp³-hybridized carbons (Fsp3) is 0.350. The second-order valence-corrected chi connectivity index (χ2v) is 7.26. The highest BCUT2D eigenvalue weighted by molar-refractivity contribution is 14.0. The van der Waals surface area contributed by atoms with Gasteiger partial charge in [0.25, 0.3) is 0 Å². The van der Waals surface area contributed by atoms with Gasteiger partial charge in [-0.2, -0.15) is 0 Å². The Morgan fingerprint density at radius 2 is 1.69 bits per heavy atom. The largest absolute Gasteiger partial charge is 0.380 e. The molecule has 0 aliphatic heterocycles. The molecule has 0 aliphatic carbocycles. The molecule has 2 aromatic rings.